The van der Waals surface area contributed by atoms with Gasteiger partial charge in [0.05, 0.1) is 19.3 Å². The van der Waals surface area contributed by atoms with Crippen molar-refractivity contribution in [3.63, 3.8) is 0 Å². The van der Waals surface area contributed by atoms with Crippen molar-refractivity contribution >= 4 is 30.5 Å². The van der Waals surface area contributed by atoms with Crippen molar-refractivity contribution in [3.05, 3.63) is 16.6 Å². The van der Waals surface area contributed by atoms with Gasteiger partial charge in [-0.1, -0.05) is 0 Å². The maximum Gasteiger partial charge on any atom is 0.469 e. The first-order valence-electron chi connectivity index (χ1n) is 7.93. The van der Waals surface area contributed by atoms with Crippen LogP contribution in [-0.2, 0) is 20.9 Å². The first kappa shape index (κ1) is 22.1. The maximum absolute atomic E-state index is 12.4. The quantitative estimate of drug-likeness (QED) is 0.146. The number of nitrogens with one attached hydrogen (secondary N) is 1. The third-order valence-corrected chi connectivity index (χ3v) is 4.09. The lowest BCUT2D eigenvalue weighted by Crippen LogP contribution is -2.43. The molecular formula is C13H21N6O8P. The summed E-state index contributed by atoms with van der Waals surface area (Å²) in [5, 5.41) is 26.3. The van der Waals surface area contributed by atoms with Crippen molar-refractivity contribution in [1.29, 1.82) is 0 Å². The molecule has 0 fully saturated rings. The Hall–Kier alpha value is -2.19. The van der Waals surface area contributed by atoms with E-state index in [0.29, 0.717) is 0 Å². The number of aryl methyl sites for hydroxylation is 1. The van der Waals surface area contributed by atoms with E-state index in [2.05, 4.69) is 24.9 Å². The van der Waals surface area contributed by atoms with Crippen molar-refractivity contribution in [2.24, 2.45) is 7.05 Å². The zero-order valence-electron chi connectivity index (χ0n) is 15.0. The van der Waals surface area contributed by atoms with Crippen molar-refractivity contribution in [1.82, 2.24) is 19.7 Å². The van der Waals surface area contributed by atoms with Gasteiger partial charge < -0.3 is 35.8 Å². The molecule has 15 heteroatoms. The number of anilines is 2. The minimum Gasteiger partial charge on any atom is -0.391 e. The molecule has 14 nitrogen and oxygen atoms in total. The number of aliphatic hydroxyl groups is 2. The number of ether oxygens (including phenoxy) is 1. The van der Waals surface area contributed by atoms with Gasteiger partial charge in [-0.05, 0) is 6.92 Å². The van der Waals surface area contributed by atoms with Crippen LogP contribution in [0.3, 0.4) is 0 Å². The average molecular weight is 420 g/mol. The lowest BCUT2D eigenvalue weighted by atomic mass is 10.2. The number of nitrogens with zero attached hydrogens (tertiary/aromatic N) is 4. The van der Waals surface area contributed by atoms with E-state index >= 15 is 0 Å². The number of aromatic nitrogens is 4. The number of phosphoric ester groups is 1. The zero-order valence-corrected chi connectivity index (χ0v) is 15.9. The monoisotopic (exact) mass is 420 g/mol. The molecule has 28 heavy (non-hydrogen) atoms. The molecule has 0 saturated heterocycles. The number of hydrogen-bond acceptors (Lipinski definition) is 11. The molecule has 3 atom stereocenters. The Morgan fingerprint density at radius 3 is 2.61 bits per heavy atom. The predicted octanol–water partition coefficient (Wildman–Crippen LogP) is -2.09. The van der Waals surface area contributed by atoms with Crippen LogP contribution in [0.1, 0.15) is 6.92 Å². The zero-order chi connectivity index (χ0) is 21.1. The highest BCUT2D eigenvalue weighted by molar-refractivity contribution is 7.46. The van der Waals surface area contributed by atoms with Crippen LogP contribution in [0.4, 0.5) is 11.6 Å². The van der Waals surface area contributed by atoms with Gasteiger partial charge in [0.25, 0.3) is 0 Å². The van der Waals surface area contributed by atoms with E-state index in [4.69, 9.17) is 20.3 Å². The van der Waals surface area contributed by atoms with Crippen LogP contribution in [0.5, 0.6) is 0 Å². The molecule has 0 saturated carbocycles. The topological polar surface area (TPSA) is 215 Å². The Kier molecular flexibility index (Phi) is 7.01. The number of aliphatic hydroxyl groups excluding tert-OH is 2. The molecule has 0 bridgehead atoms. The average Bonchev–Trinajstić information content (AvgIpc) is 2.60. The molecule has 156 valence electrons. The number of rotatable bonds is 9. The molecule has 2 aromatic heterocycles. The van der Waals surface area contributed by atoms with Crippen molar-refractivity contribution in [3.8, 4) is 0 Å². The summed E-state index contributed by atoms with van der Waals surface area (Å²) in [5.41, 5.74) is 5.11. The molecule has 2 heterocycles. The number of nitrogens with two attached hydrogens (primary N) is 1. The van der Waals surface area contributed by atoms with Gasteiger partial charge in [-0.2, -0.15) is 0 Å². The van der Waals surface area contributed by atoms with E-state index in [0.717, 1.165) is 6.33 Å². The fourth-order valence-electron chi connectivity index (χ4n) is 2.27. The van der Waals surface area contributed by atoms with Crippen LogP contribution < -0.4 is 16.5 Å². The molecule has 0 amide bonds. The van der Waals surface area contributed by atoms with E-state index in [-0.39, 0.29) is 29.3 Å². The van der Waals surface area contributed by atoms with E-state index in [1.807, 2.05) is 0 Å². The minimum absolute atomic E-state index is 0.0182. The molecule has 7 N–H and O–H groups in total. The van der Waals surface area contributed by atoms with Gasteiger partial charge in [0.1, 0.15) is 23.6 Å². The molecule has 0 aromatic carbocycles. The number of hydrogen-bond donors (Lipinski definition) is 6. The van der Waals surface area contributed by atoms with E-state index in [1.165, 1.54) is 18.7 Å². The maximum atomic E-state index is 12.4. The summed E-state index contributed by atoms with van der Waals surface area (Å²) in [7, 11) is -3.16. The van der Waals surface area contributed by atoms with Crippen LogP contribution in [0.25, 0.3) is 11.0 Å². The summed E-state index contributed by atoms with van der Waals surface area (Å²) in [6.07, 6.45) is -2.89. The Morgan fingerprint density at radius 1 is 1.32 bits per heavy atom. The summed E-state index contributed by atoms with van der Waals surface area (Å²) in [5.74, 6) is -0.336. The van der Waals surface area contributed by atoms with Crippen molar-refractivity contribution in [2.75, 3.05) is 24.3 Å². The smallest absolute Gasteiger partial charge is 0.391 e. The summed E-state index contributed by atoms with van der Waals surface area (Å²) < 4.78 is 21.5. The molecule has 2 aromatic rings. The van der Waals surface area contributed by atoms with Gasteiger partial charge >= 0.3 is 7.82 Å². The molecule has 0 aliphatic rings. The summed E-state index contributed by atoms with van der Waals surface area (Å²) in [6.45, 7) is 0.462. The molecule has 2 rings (SSSR count). The Bertz CT molecular complexity index is 931. The van der Waals surface area contributed by atoms with E-state index in [9.17, 15) is 19.6 Å². The Labute approximate surface area is 158 Å². The molecule has 3 unspecified atom stereocenters. The first-order chi connectivity index (χ1) is 13.0. The second kappa shape index (κ2) is 8.87. The number of fused-ring (bicyclic) bond motifs is 1. The molecule has 0 spiro atoms. The van der Waals surface area contributed by atoms with Gasteiger partial charge in [-0.3, -0.25) is 9.32 Å². The normalized spacial score (nSPS) is 15.4. The highest BCUT2D eigenvalue weighted by atomic mass is 31.2. The van der Waals surface area contributed by atoms with Gasteiger partial charge in [0, 0.05) is 7.05 Å². The fraction of sp³-hybridized carbons (Fsp3) is 0.538. The third kappa shape index (κ3) is 5.42. The SMILES string of the molecule is CC(O)C(O)C(Nc1ncnc2c1c(=O)c(N)nn2C)OCCOP(=O)(O)O. The molecule has 0 aliphatic heterocycles. The number of phosphoric acid groups is 1. The van der Waals surface area contributed by atoms with Gasteiger partial charge in [0.15, 0.2) is 17.7 Å². The third-order valence-electron chi connectivity index (χ3n) is 3.57. The second-order valence-corrected chi connectivity index (χ2v) is 6.99. The highest BCUT2D eigenvalue weighted by Crippen LogP contribution is 2.35. The van der Waals surface area contributed by atoms with Crippen LogP contribution >= 0.6 is 7.82 Å². The number of nitrogen functional groups attached to an aromatic ring is 1. The van der Waals surface area contributed by atoms with E-state index < -0.39 is 38.3 Å². The Balaban J connectivity index is 2.31. The highest BCUT2D eigenvalue weighted by Gasteiger charge is 2.27. The largest absolute Gasteiger partial charge is 0.469 e. The van der Waals surface area contributed by atoms with Crippen LogP contribution in [0.15, 0.2) is 11.1 Å². The fourth-order valence-corrected chi connectivity index (χ4v) is 2.58. The summed E-state index contributed by atoms with van der Waals surface area (Å²) in [6, 6.07) is 0. The lowest BCUT2D eigenvalue weighted by Gasteiger charge is -2.27. The first-order valence-corrected chi connectivity index (χ1v) is 9.46. The van der Waals surface area contributed by atoms with Crippen LogP contribution in [0.2, 0.25) is 0 Å². The van der Waals surface area contributed by atoms with Gasteiger partial charge in [-0.15, -0.1) is 5.10 Å². The molecule has 0 radical (unpaired) electrons. The standard InChI is InChI=1S/C13H21N6O8P/c1-6(20)8(21)13(26-3-4-27-28(23,24)25)17-11-7-9(22)10(14)18-19(2)12(7)16-5-15-11/h5-6,8,13,20-21H,3-4H2,1-2H3,(H2,14,18)(H,15,16,17)(H2,23,24,25). The van der Waals surface area contributed by atoms with E-state index in [1.54, 1.807) is 0 Å². The minimum atomic E-state index is -4.68. The summed E-state index contributed by atoms with van der Waals surface area (Å²) in [4.78, 5) is 37.6. The lowest BCUT2D eigenvalue weighted by molar-refractivity contribution is -0.0774. The molecular weight excluding hydrogens is 399 g/mol. The van der Waals surface area contributed by atoms with Gasteiger partial charge in [-0.25, -0.2) is 19.2 Å². The van der Waals surface area contributed by atoms with Gasteiger partial charge in [0.2, 0.25) is 5.43 Å². The molecule has 0 aliphatic carbocycles. The Morgan fingerprint density at radius 2 is 2.00 bits per heavy atom. The predicted molar refractivity (Wildman–Crippen MR) is 96.0 cm³/mol. The van der Waals surface area contributed by atoms with Crippen LogP contribution in [-0.4, -0.2) is 71.4 Å². The summed E-state index contributed by atoms with van der Waals surface area (Å²) >= 11 is 0. The van der Waals surface area contributed by atoms with Crippen LogP contribution in [0, 0.1) is 0 Å². The van der Waals surface area contributed by atoms with Crippen molar-refractivity contribution < 1.29 is 33.8 Å². The second-order valence-electron chi connectivity index (χ2n) is 5.75. The van der Waals surface area contributed by atoms with Crippen molar-refractivity contribution in [2.45, 2.75) is 25.4 Å².